The number of hydrogen-bond donors (Lipinski definition) is 3. The third kappa shape index (κ3) is 3.72. The zero-order valence-electron chi connectivity index (χ0n) is 12.3. The van der Waals surface area contributed by atoms with E-state index in [9.17, 15) is 14.4 Å². The molecule has 1 atom stereocenters. The van der Waals surface area contributed by atoms with Gasteiger partial charge in [-0.05, 0) is 13.0 Å². The molecular weight excluding hydrogens is 345 g/mol. The Balaban J connectivity index is 0.00000132. The normalized spacial score (nSPS) is 17.3. The van der Waals surface area contributed by atoms with Crippen molar-refractivity contribution in [3.8, 4) is 0 Å². The van der Waals surface area contributed by atoms with Crippen molar-refractivity contribution in [2.75, 3.05) is 19.6 Å². The molecular formula is C13H17Cl2N5O3. The summed E-state index contributed by atoms with van der Waals surface area (Å²) in [5, 5.41) is 3.41. The van der Waals surface area contributed by atoms with E-state index >= 15 is 0 Å². The lowest BCUT2D eigenvalue weighted by Crippen LogP contribution is -2.52. The Kier molecular flexibility index (Phi) is 6.31. The quantitative estimate of drug-likeness (QED) is 0.656. The van der Waals surface area contributed by atoms with Crippen molar-refractivity contribution in [3.63, 3.8) is 0 Å². The number of aromatic nitrogens is 3. The van der Waals surface area contributed by atoms with Gasteiger partial charge >= 0.3 is 5.69 Å². The zero-order valence-corrected chi connectivity index (χ0v) is 13.9. The van der Waals surface area contributed by atoms with Crippen molar-refractivity contribution in [2.24, 2.45) is 0 Å². The molecule has 0 bridgehead atoms. The molecule has 1 aliphatic rings. The summed E-state index contributed by atoms with van der Waals surface area (Å²) in [4.78, 5) is 45.8. The van der Waals surface area contributed by atoms with Crippen LogP contribution in [0.3, 0.4) is 0 Å². The average Bonchev–Trinajstić information content (AvgIpc) is 2.46. The molecule has 1 aliphatic heterocycles. The van der Waals surface area contributed by atoms with Crippen LogP contribution in [0, 0.1) is 0 Å². The van der Waals surface area contributed by atoms with Crippen molar-refractivity contribution in [1.82, 2.24) is 25.2 Å². The molecule has 1 saturated heterocycles. The van der Waals surface area contributed by atoms with Gasteiger partial charge in [0.1, 0.15) is 5.65 Å². The van der Waals surface area contributed by atoms with Crippen LogP contribution >= 0.6 is 24.8 Å². The Morgan fingerprint density at radius 1 is 1.30 bits per heavy atom. The smallest absolute Gasteiger partial charge is 0.327 e. The van der Waals surface area contributed by atoms with E-state index in [4.69, 9.17) is 0 Å². The van der Waals surface area contributed by atoms with E-state index in [1.54, 1.807) is 4.90 Å². The lowest BCUT2D eigenvalue weighted by molar-refractivity contribution is 0.0655. The largest absolute Gasteiger partial charge is 0.333 e. The number of H-pyrrole nitrogens is 2. The molecule has 0 radical (unpaired) electrons. The minimum absolute atomic E-state index is 0. The first kappa shape index (κ1) is 19.1. The Labute approximate surface area is 143 Å². The maximum Gasteiger partial charge on any atom is 0.327 e. The van der Waals surface area contributed by atoms with Gasteiger partial charge < -0.3 is 10.2 Å². The van der Waals surface area contributed by atoms with Gasteiger partial charge in [0.05, 0.1) is 10.9 Å². The summed E-state index contributed by atoms with van der Waals surface area (Å²) in [6.07, 6.45) is 1.38. The van der Waals surface area contributed by atoms with E-state index in [1.807, 2.05) is 6.92 Å². The number of hydrogen-bond acceptors (Lipinski definition) is 5. The molecule has 3 rings (SSSR count). The van der Waals surface area contributed by atoms with Crippen LogP contribution in [0.25, 0.3) is 11.0 Å². The van der Waals surface area contributed by atoms with Crippen LogP contribution in [-0.4, -0.2) is 51.4 Å². The minimum atomic E-state index is -0.616. The van der Waals surface area contributed by atoms with Crippen LogP contribution in [0.4, 0.5) is 0 Å². The number of carbonyl (C=O) groups excluding carboxylic acids is 1. The predicted octanol–water partition coefficient (Wildman–Crippen LogP) is -0.111. The molecule has 3 heterocycles. The molecule has 23 heavy (non-hydrogen) atoms. The topological polar surface area (TPSA) is 111 Å². The second kappa shape index (κ2) is 7.58. The zero-order chi connectivity index (χ0) is 15.0. The molecule has 0 aliphatic carbocycles. The number of nitrogens with one attached hydrogen (secondary N) is 3. The highest BCUT2D eigenvalue weighted by Crippen LogP contribution is 2.12. The number of nitrogens with zero attached hydrogens (tertiary/aromatic N) is 2. The standard InChI is InChI=1S/C13H15N5O3.2ClH/c1-7-5-14-2-3-18(7)12(20)8-4-9-10(15-6-8)16-13(21)17-11(9)19;;/h4,6-7,14H,2-3,5H2,1H3,(H2,15,16,17,19,21);2*1H/t7-;;/m0../s1. The highest BCUT2D eigenvalue weighted by atomic mass is 35.5. The number of rotatable bonds is 1. The van der Waals surface area contributed by atoms with Crippen molar-refractivity contribution >= 4 is 41.8 Å². The number of carbonyl (C=O) groups is 1. The third-order valence-corrected chi connectivity index (χ3v) is 3.60. The molecule has 2 aromatic heterocycles. The van der Waals surface area contributed by atoms with E-state index < -0.39 is 11.2 Å². The van der Waals surface area contributed by atoms with Gasteiger partial charge in [-0.25, -0.2) is 9.78 Å². The number of halogens is 2. The highest BCUT2D eigenvalue weighted by Gasteiger charge is 2.24. The molecule has 0 spiro atoms. The molecule has 0 unspecified atom stereocenters. The highest BCUT2D eigenvalue weighted by molar-refractivity contribution is 5.96. The van der Waals surface area contributed by atoms with Crippen LogP contribution in [0.1, 0.15) is 17.3 Å². The summed E-state index contributed by atoms with van der Waals surface area (Å²) in [6, 6.07) is 1.55. The molecule has 8 nitrogen and oxygen atoms in total. The number of fused-ring (bicyclic) bond motifs is 1. The van der Waals surface area contributed by atoms with Gasteiger partial charge in [0.2, 0.25) is 0 Å². The lowest BCUT2D eigenvalue weighted by Gasteiger charge is -2.33. The molecule has 3 N–H and O–H groups in total. The van der Waals surface area contributed by atoms with Gasteiger partial charge in [-0.2, -0.15) is 0 Å². The first-order valence-corrected chi connectivity index (χ1v) is 6.70. The fourth-order valence-electron chi connectivity index (χ4n) is 2.47. The second-order valence-electron chi connectivity index (χ2n) is 5.08. The van der Waals surface area contributed by atoms with Crippen molar-refractivity contribution in [2.45, 2.75) is 13.0 Å². The molecule has 1 amide bonds. The number of pyridine rings is 1. The van der Waals surface area contributed by atoms with E-state index in [2.05, 4.69) is 20.3 Å². The summed E-state index contributed by atoms with van der Waals surface area (Å²) < 4.78 is 0. The van der Waals surface area contributed by atoms with Crippen LogP contribution < -0.4 is 16.6 Å². The lowest BCUT2D eigenvalue weighted by atomic mass is 10.1. The average molecular weight is 362 g/mol. The summed E-state index contributed by atoms with van der Waals surface area (Å²) >= 11 is 0. The van der Waals surface area contributed by atoms with E-state index in [0.717, 1.165) is 13.1 Å². The first-order valence-electron chi connectivity index (χ1n) is 6.70. The monoisotopic (exact) mass is 361 g/mol. The number of aromatic amines is 2. The Hall–Kier alpha value is -1.90. The van der Waals surface area contributed by atoms with Crippen LogP contribution in [0.5, 0.6) is 0 Å². The van der Waals surface area contributed by atoms with Crippen LogP contribution in [0.15, 0.2) is 21.9 Å². The summed E-state index contributed by atoms with van der Waals surface area (Å²) in [5.41, 5.74) is -0.651. The summed E-state index contributed by atoms with van der Waals surface area (Å²) in [7, 11) is 0. The summed E-state index contributed by atoms with van der Waals surface area (Å²) in [5.74, 6) is -0.163. The van der Waals surface area contributed by atoms with Crippen molar-refractivity contribution < 1.29 is 4.79 Å². The van der Waals surface area contributed by atoms with Crippen molar-refractivity contribution in [3.05, 3.63) is 38.7 Å². The summed E-state index contributed by atoms with van der Waals surface area (Å²) in [6.45, 7) is 4.05. The number of amides is 1. The predicted molar refractivity (Wildman–Crippen MR) is 90.8 cm³/mol. The van der Waals surface area contributed by atoms with Crippen LogP contribution in [-0.2, 0) is 0 Å². The molecule has 0 aromatic carbocycles. The Morgan fingerprint density at radius 3 is 2.74 bits per heavy atom. The second-order valence-corrected chi connectivity index (χ2v) is 5.08. The molecule has 126 valence electrons. The van der Waals surface area contributed by atoms with E-state index in [1.165, 1.54) is 12.3 Å². The van der Waals surface area contributed by atoms with Gasteiger partial charge in [-0.15, -0.1) is 24.8 Å². The molecule has 2 aromatic rings. The number of piperazine rings is 1. The molecule has 1 fully saturated rings. The van der Waals surface area contributed by atoms with Gasteiger partial charge in [0, 0.05) is 31.9 Å². The molecule has 0 saturated carbocycles. The van der Waals surface area contributed by atoms with Gasteiger partial charge in [0.25, 0.3) is 11.5 Å². The SMILES string of the molecule is C[C@H]1CNCCN1C(=O)c1cnc2[nH]c(=O)[nH]c(=O)c2c1.Cl.Cl. The maximum atomic E-state index is 12.5. The Morgan fingerprint density at radius 2 is 2.04 bits per heavy atom. The van der Waals surface area contributed by atoms with Gasteiger partial charge in [0.15, 0.2) is 0 Å². The minimum Gasteiger partial charge on any atom is -0.333 e. The van der Waals surface area contributed by atoms with Gasteiger partial charge in [-0.3, -0.25) is 19.6 Å². The maximum absolute atomic E-state index is 12.5. The van der Waals surface area contributed by atoms with E-state index in [-0.39, 0.29) is 47.8 Å². The van der Waals surface area contributed by atoms with Crippen LogP contribution in [0.2, 0.25) is 0 Å². The van der Waals surface area contributed by atoms with E-state index in [0.29, 0.717) is 12.1 Å². The van der Waals surface area contributed by atoms with Crippen molar-refractivity contribution in [1.29, 1.82) is 0 Å². The fraction of sp³-hybridized carbons (Fsp3) is 0.385. The van der Waals surface area contributed by atoms with Gasteiger partial charge in [-0.1, -0.05) is 0 Å². The first-order chi connectivity index (χ1) is 10.1. The molecule has 10 heteroatoms. The Bertz CT molecular complexity index is 819. The third-order valence-electron chi connectivity index (χ3n) is 3.60. The fourth-order valence-corrected chi connectivity index (χ4v) is 2.47.